The molecule has 22 heavy (non-hydrogen) atoms. The van der Waals surface area contributed by atoms with Crippen LogP contribution in [0.5, 0.6) is 0 Å². The normalized spacial score (nSPS) is 9.91. The van der Waals surface area contributed by atoms with Crippen molar-refractivity contribution in [1.82, 2.24) is 5.32 Å². The number of anilines is 2. The summed E-state index contributed by atoms with van der Waals surface area (Å²) in [6, 6.07) is 14.3. The number of halogens is 1. The predicted molar refractivity (Wildman–Crippen MR) is 91.1 cm³/mol. The van der Waals surface area contributed by atoms with Gasteiger partial charge in [-0.15, -0.1) is 0 Å². The molecule has 0 aliphatic rings. The van der Waals surface area contributed by atoms with Crippen molar-refractivity contribution in [3.8, 4) is 0 Å². The van der Waals surface area contributed by atoms with Crippen LogP contribution in [-0.4, -0.2) is 25.4 Å². The van der Waals surface area contributed by atoms with Gasteiger partial charge >= 0.3 is 0 Å². The maximum absolute atomic E-state index is 11.8. The number of hydrogen-bond donors (Lipinski definition) is 3. The van der Waals surface area contributed by atoms with Crippen LogP contribution in [0.4, 0.5) is 11.4 Å². The van der Waals surface area contributed by atoms with Gasteiger partial charge < -0.3 is 16.0 Å². The first kappa shape index (κ1) is 16.0. The Morgan fingerprint density at radius 3 is 2.14 bits per heavy atom. The summed E-state index contributed by atoms with van der Waals surface area (Å²) in [4.78, 5) is 23.3. The molecular weight excluding hydrogens is 346 g/mol. The van der Waals surface area contributed by atoms with E-state index < -0.39 is 0 Å². The zero-order chi connectivity index (χ0) is 15.9. The fourth-order valence-electron chi connectivity index (χ4n) is 1.80. The summed E-state index contributed by atoms with van der Waals surface area (Å²) in [6.45, 7) is 0.148. The van der Waals surface area contributed by atoms with Crippen molar-refractivity contribution >= 4 is 39.1 Å². The molecular formula is C16H16BrN3O2. The van der Waals surface area contributed by atoms with Gasteiger partial charge in [-0.05, 0) is 48.5 Å². The SMILES string of the molecule is CNC(=O)c1ccc(NCC(=O)Nc2ccc(Br)cc2)cc1. The van der Waals surface area contributed by atoms with Crippen molar-refractivity contribution in [3.05, 3.63) is 58.6 Å². The summed E-state index contributed by atoms with van der Waals surface area (Å²) < 4.78 is 0.958. The predicted octanol–water partition coefficient (Wildman–Crippen LogP) is 2.86. The number of carbonyl (C=O) groups is 2. The lowest BCUT2D eigenvalue weighted by Gasteiger charge is -2.08. The molecule has 114 valence electrons. The van der Waals surface area contributed by atoms with Gasteiger partial charge in [0.1, 0.15) is 0 Å². The zero-order valence-electron chi connectivity index (χ0n) is 12.0. The Bertz CT molecular complexity index is 654. The number of rotatable bonds is 5. The summed E-state index contributed by atoms with van der Waals surface area (Å²) in [6.07, 6.45) is 0. The molecule has 0 atom stereocenters. The highest BCUT2D eigenvalue weighted by molar-refractivity contribution is 9.10. The highest BCUT2D eigenvalue weighted by Gasteiger charge is 2.04. The van der Waals surface area contributed by atoms with Crippen LogP contribution < -0.4 is 16.0 Å². The van der Waals surface area contributed by atoms with Crippen LogP contribution in [0.2, 0.25) is 0 Å². The van der Waals surface area contributed by atoms with Crippen LogP contribution in [-0.2, 0) is 4.79 Å². The quantitative estimate of drug-likeness (QED) is 0.766. The molecule has 5 nitrogen and oxygen atoms in total. The van der Waals surface area contributed by atoms with Crippen molar-refractivity contribution < 1.29 is 9.59 Å². The molecule has 0 spiro atoms. The van der Waals surface area contributed by atoms with E-state index in [9.17, 15) is 9.59 Å². The van der Waals surface area contributed by atoms with Crippen molar-refractivity contribution in [3.63, 3.8) is 0 Å². The average Bonchev–Trinajstić information content (AvgIpc) is 2.55. The molecule has 2 aromatic carbocycles. The van der Waals surface area contributed by atoms with Gasteiger partial charge in [0.25, 0.3) is 5.91 Å². The molecule has 0 radical (unpaired) electrons. The second-order valence-electron chi connectivity index (χ2n) is 4.57. The average molecular weight is 362 g/mol. The molecule has 2 rings (SSSR count). The minimum absolute atomic E-state index is 0.139. The molecule has 0 heterocycles. The van der Waals surface area contributed by atoms with Gasteiger partial charge in [0, 0.05) is 28.5 Å². The lowest BCUT2D eigenvalue weighted by atomic mass is 10.2. The van der Waals surface area contributed by atoms with Crippen LogP contribution in [0.3, 0.4) is 0 Å². The van der Waals surface area contributed by atoms with Crippen LogP contribution in [0.1, 0.15) is 10.4 Å². The van der Waals surface area contributed by atoms with Gasteiger partial charge in [0.05, 0.1) is 6.54 Å². The van der Waals surface area contributed by atoms with E-state index in [0.717, 1.165) is 15.8 Å². The van der Waals surface area contributed by atoms with Crippen molar-refractivity contribution in [2.45, 2.75) is 0 Å². The number of benzene rings is 2. The first-order valence-electron chi connectivity index (χ1n) is 6.70. The largest absolute Gasteiger partial charge is 0.376 e. The third-order valence-electron chi connectivity index (χ3n) is 2.96. The molecule has 0 aliphatic heterocycles. The molecule has 0 aromatic heterocycles. The Morgan fingerprint density at radius 1 is 0.955 bits per heavy atom. The number of amides is 2. The summed E-state index contributed by atoms with van der Waals surface area (Å²) in [5.41, 5.74) is 2.09. The summed E-state index contributed by atoms with van der Waals surface area (Å²) in [5, 5.41) is 8.35. The number of carbonyl (C=O) groups excluding carboxylic acids is 2. The van der Waals surface area contributed by atoms with E-state index >= 15 is 0 Å². The Balaban J connectivity index is 1.85. The second kappa shape index (κ2) is 7.61. The molecule has 3 N–H and O–H groups in total. The van der Waals surface area contributed by atoms with E-state index in [1.165, 1.54) is 0 Å². The van der Waals surface area contributed by atoms with Gasteiger partial charge in [0.2, 0.25) is 5.91 Å². The molecule has 0 unspecified atom stereocenters. The van der Waals surface area contributed by atoms with Crippen molar-refractivity contribution in [1.29, 1.82) is 0 Å². The molecule has 2 aromatic rings. The topological polar surface area (TPSA) is 70.2 Å². The third-order valence-corrected chi connectivity index (χ3v) is 3.48. The fraction of sp³-hybridized carbons (Fsp3) is 0.125. The minimum Gasteiger partial charge on any atom is -0.376 e. The van der Waals surface area contributed by atoms with Gasteiger partial charge in [-0.3, -0.25) is 9.59 Å². The maximum atomic E-state index is 11.8. The Morgan fingerprint density at radius 2 is 1.55 bits per heavy atom. The molecule has 2 amide bonds. The lowest BCUT2D eigenvalue weighted by Crippen LogP contribution is -2.22. The summed E-state index contributed by atoms with van der Waals surface area (Å²) in [7, 11) is 1.58. The monoisotopic (exact) mass is 361 g/mol. The lowest BCUT2D eigenvalue weighted by molar-refractivity contribution is -0.114. The van der Waals surface area contributed by atoms with Gasteiger partial charge in [-0.1, -0.05) is 15.9 Å². The first-order chi connectivity index (χ1) is 10.6. The van der Waals surface area contributed by atoms with Crippen LogP contribution in [0.15, 0.2) is 53.0 Å². The third kappa shape index (κ3) is 4.60. The van der Waals surface area contributed by atoms with E-state index in [4.69, 9.17) is 0 Å². The van der Waals surface area contributed by atoms with Crippen LogP contribution >= 0.6 is 15.9 Å². The summed E-state index contributed by atoms with van der Waals surface area (Å²) >= 11 is 3.34. The van der Waals surface area contributed by atoms with E-state index in [1.807, 2.05) is 24.3 Å². The highest BCUT2D eigenvalue weighted by atomic mass is 79.9. The van der Waals surface area contributed by atoms with Crippen molar-refractivity contribution in [2.75, 3.05) is 24.2 Å². The Labute approximate surface area is 137 Å². The molecule has 0 fully saturated rings. The first-order valence-corrected chi connectivity index (χ1v) is 7.49. The van der Waals surface area contributed by atoms with E-state index in [2.05, 4.69) is 31.9 Å². The highest BCUT2D eigenvalue weighted by Crippen LogP contribution is 2.14. The molecule has 0 saturated heterocycles. The van der Waals surface area contributed by atoms with E-state index in [0.29, 0.717) is 5.56 Å². The molecule has 0 bridgehead atoms. The standard InChI is InChI=1S/C16H16BrN3O2/c1-18-16(22)11-2-6-13(7-3-11)19-10-15(21)20-14-8-4-12(17)5-9-14/h2-9,19H,10H2,1H3,(H,18,22)(H,20,21). The van der Waals surface area contributed by atoms with E-state index in [-0.39, 0.29) is 18.4 Å². The van der Waals surface area contributed by atoms with Gasteiger partial charge in [-0.2, -0.15) is 0 Å². The molecule has 6 heteroatoms. The number of hydrogen-bond acceptors (Lipinski definition) is 3. The molecule has 0 aliphatic carbocycles. The summed E-state index contributed by atoms with van der Waals surface area (Å²) in [5.74, 6) is -0.280. The van der Waals surface area contributed by atoms with Gasteiger partial charge in [0.15, 0.2) is 0 Å². The maximum Gasteiger partial charge on any atom is 0.251 e. The van der Waals surface area contributed by atoms with Crippen molar-refractivity contribution in [2.24, 2.45) is 0 Å². The zero-order valence-corrected chi connectivity index (χ0v) is 13.6. The Kier molecular flexibility index (Phi) is 5.55. The van der Waals surface area contributed by atoms with Crippen LogP contribution in [0, 0.1) is 0 Å². The van der Waals surface area contributed by atoms with E-state index in [1.54, 1.807) is 31.3 Å². The smallest absolute Gasteiger partial charge is 0.251 e. The Hall–Kier alpha value is -2.34. The fourth-order valence-corrected chi connectivity index (χ4v) is 2.07. The van der Waals surface area contributed by atoms with Gasteiger partial charge in [-0.25, -0.2) is 0 Å². The minimum atomic E-state index is -0.141. The second-order valence-corrected chi connectivity index (χ2v) is 5.48. The number of nitrogens with one attached hydrogen (secondary N) is 3. The molecule has 0 saturated carbocycles. The van der Waals surface area contributed by atoms with Crippen LogP contribution in [0.25, 0.3) is 0 Å².